The van der Waals surface area contributed by atoms with Gasteiger partial charge in [0.05, 0.1) is 0 Å². The van der Waals surface area contributed by atoms with E-state index in [1.165, 1.54) is 31.2 Å². The van der Waals surface area contributed by atoms with Crippen molar-refractivity contribution in [3.05, 3.63) is 29.8 Å². The van der Waals surface area contributed by atoms with Crippen molar-refractivity contribution in [1.82, 2.24) is 5.32 Å². The molecule has 0 bridgehead atoms. The molecule has 4 heteroatoms. The van der Waals surface area contributed by atoms with Crippen LogP contribution >= 0.6 is 0 Å². The van der Waals surface area contributed by atoms with Crippen molar-refractivity contribution in [2.75, 3.05) is 6.61 Å². The number of aliphatic carboxylic acids is 1. The second-order valence-corrected chi connectivity index (χ2v) is 4.69. The van der Waals surface area contributed by atoms with E-state index in [9.17, 15) is 4.79 Å². The van der Waals surface area contributed by atoms with Crippen LogP contribution in [-0.2, 0) is 11.3 Å². The molecule has 0 atom stereocenters. The van der Waals surface area contributed by atoms with Crippen LogP contribution in [0.3, 0.4) is 0 Å². The van der Waals surface area contributed by atoms with Crippen molar-refractivity contribution in [1.29, 1.82) is 0 Å². The lowest BCUT2D eigenvalue weighted by atomic mass is 10.2. The molecule has 1 aliphatic rings. The lowest BCUT2D eigenvalue weighted by molar-refractivity contribution is -0.139. The van der Waals surface area contributed by atoms with E-state index < -0.39 is 5.97 Å². The molecule has 0 amide bonds. The van der Waals surface area contributed by atoms with Gasteiger partial charge < -0.3 is 15.2 Å². The fourth-order valence-corrected chi connectivity index (χ4v) is 2.24. The summed E-state index contributed by atoms with van der Waals surface area (Å²) in [6.45, 7) is 0.573. The Balaban J connectivity index is 1.77. The number of ether oxygens (including phenoxy) is 1. The summed E-state index contributed by atoms with van der Waals surface area (Å²) in [7, 11) is 0. The van der Waals surface area contributed by atoms with E-state index in [4.69, 9.17) is 9.84 Å². The summed E-state index contributed by atoms with van der Waals surface area (Å²) in [4.78, 5) is 10.4. The van der Waals surface area contributed by atoms with Crippen LogP contribution in [0.1, 0.15) is 31.2 Å². The number of carboxylic acids is 1. The first-order chi connectivity index (χ1) is 8.74. The lowest BCUT2D eigenvalue weighted by Gasteiger charge is -2.12. The van der Waals surface area contributed by atoms with Gasteiger partial charge in [-0.1, -0.05) is 25.0 Å². The Kier molecular flexibility index (Phi) is 4.59. The number of carboxylic acid groups (broad SMARTS) is 1. The first kappa shape index (κ1) is 12.9. The average Bonchev–Trinajstić information content (AvgIpc) is 2.88. The largest absolute Gasteiger partial charge is 0.482 e. The molecule has 1 aliphatic carbocycles. The van der Waals surface area contributed by atoms with Gasteiger partial charge in [-0.05, 0) is 30.5 Å². The molecule has 0 aliphatic heterocycles. The maximum absolute atomic E-state index is 10.4. The van der Waals surface area contributed by atoms with Gasteiger partial charge >= 0.3 is 5.97 Å². The molecule has 4 nitrogen and oxygen atoms in total. The monoisotopic (exact) mass is 249 g/mol. The quantitative estimate of drug-likeness (QED) is 0.811. The molecule has 0 radical (unpaired) electrons. The SMILES string of the molecule is O=C(O)COc1ccc(CNC2CCCC2)cc1. The fourth-order valence-electron chi connectivity index (χ4n) is 2.24. The van der Waals surface area contributed by atoms with E-state index in [0.29, 0.717) is 11.8 Å². The van der Waals surface area contributed by atoms with Crippen molar-refractivity contribution >= 4 is 5.97 Å². The Labute approximate surface area is 107 Å². The third-order valence-corrected chi connectivity index (χ3v) is 3.24. The van der Waals surface area contributed by atoms with Crippen LogP contribution < -0.4 is 10.1 Å². The molecule has 0 saturated heterocycles. The number of benzene rings is 1. The Morgan fingerprint density at radius 3 is 2.56 bits per heavy atom. The minimum atomic E-state index is -0.957. The number of hydrogen-bond donors (Lipinski definition) is 2. The molecule has 1 fully saturated rings. The highest BCUT2D eigenvalue weighted by atomic mass is 16.5. The molecule has 98 valence electrons. The van der Waals surface area contributed by atoms with Gasteiger partial charge in [-0.15, -0.1) is 0 Å². The molecule has 1 aromatic carbocycles. The number of nitrogens with one attached hydrogen (secondary N) is 1. The standard InChI is InChI=1S/C14H19NO3/c16-14(17)10-18-13-7-5-11(6-8-13)9-15-12-3-1-2-4-12/h5-8,12,15H,1-4,9-10H2,(H,16,17). The fraction of sp³-hybridized carbons (Fsp3) is 0.500. The normalized spacial score (nSPS) is 15.8. The maximum atomic E-state index is 10.4. The highest BCUT2D eigenvalue weighted by molar-refractivity contribution is 5.68. The number of rotatable bonds is 6. The summed E-state index contributed by atoms with van der Waals surface area (Å²) in [5.41, 5.74) is 1.20. The van der Waals surface area contributed by atoms with E-state index in [1.807, 2.05) is 24.3 Å². The lowest BCUT2D eigenvalue weighted by Crippen LogP contribution is -2.25. The van der Waals surface area contributed by atoms with Crippen LogP contribution in [0, 0.1) is 0 Å². The Hall–Kier alpha value is -1.55. The summed E-state index contributed by atoms with van der Waals surface area (Å²) in [5, 5.41) is 12.0. The molecule has 1 aromatic rings. The van der Waals surface area contributed by atoms with Crippen LogP contribution in [-0.4, -0.2) is 23.7 Å². The summed E-state index contributed by atoms with van der Waals surface area (Å²) >= 11 is 0. The summed E-state index contributed by atoms with van der Waals surface area (Å²) in [6.07, 6.45) is 5.22. The van der Waals surface area contributed by atoms with Gasteiger partial charge in [0.15, 0.2) is 6.61 Å². The predicted molar refractivity (Wildman–Crippen MR) is 68.7 cm³/mol. The molecule has 0 aromatic heterocycles. The van der Waals surface area contributed by atoms with Crippen LogP contribution in [0.4, 0.5) is 0 Å². The molecule has 1 saturated carbocycles. The molecule has 2 rings (SSSR count). The van der Waals surface area contributed by atoms with Gasteiger partial charge in [-0.3, -0.25) is 0 Å². The zero-order chi connectivity index (χ0) is 12.8. The minimum Gasteiger partial charge on any atom is -0.482 e. The van der Waals surface area contributed by atoms with Crippen molar-refractivity contribution in [2.45, 2.75) is 38.3 Å². The Morgan fingerprint density at radius 2 is 1.94 bits per heavy atom. The van der Waals surface area contributed by atoms with E-state index >= 15 is 0 Å². The molecular weight excluding hydrogens is 230 g/mol. The average molecular weight is 249 g/mol. The summed E-state index contributed by atoms with van der Waals surface area (Å²) < 4.78 is 5.08. The van der Waals surface area contributed by atoms with Crippen molar-refractivity contribution < 1.29 is 14.6 Å². The molecule has 2 N–H and O–H groups in total. The van der Waals surface area contributed by atoms with Crippen LogP contribution in [0.5, 0.6) is 5.75 Å². The second kappa shape index (κ2) is 6.40. The van der Waals surface area contributed by atoms with Crippen molar-refractivity contribution in [3.8, 4) is 5.75 Å². The van der Waals surface area contributed by atoms with Crippen LogP contribution in [0.15, 0.2) is 24.3 Å². The smallest absolute Gasteiger partial charge is 0.341 e. The second-order valence-electron chi connectivity index (χ2n) is 4.69. The highest BCUT2D eigenvalue weighted by Crippen LogP contribution is 2.18. The molecule has 18 heavy (non-hydrogen) atoms. The van der Waals surface area contributed by atoms with E-state index in [1.54, 1.807) is 0 Å². The van der Waals surface area contributed by atoms with Gasteiger partial charge in [-0.2, -0.15) is 0 Å². The van der Waals surface area contributed by atoms with E-state index in [0.717, 1.165) is 6.54 Å². The molecule has 0 unspecified atom stereocenters. The zero-order valence-corrected chi connectivity index (χ0v) is 10.4. The first-order valence-corrected chi connectivity index (χ1v) is 6.41. The molecule has 0 heterocycles. The third kappa shape index (κ3) is 4.04. The van der Waals surface area contributed by atoms with Gasteiger partial charge in [-0.25, -0.2) is 4.79 Å². The van der Waals surface area contributed by atoms with Crippen molar-refractivity contribution in [2.24, 2.45) is 0 Å². The van der Waals surface area contributed by atoms with Crippen molar-refractivity contribution in [3.63, 3.8) is 0 Å². The summed E-state index contributed by atoms with van der Waals surface area (Å²) in [6, 6.07) is 8.23. The van der Waals surface area contributed by atoms with E-state index in [-0.39, 0.29) is 6.61 Å². The van der Waals surface area contributed by atoms with Gasteiger partial charge in [0.2, 0.25) is 0 Å². The van der Waals surface area contributed by atoms with E-state index in [2.05, 4.69) is 5.32 Å². The number of carbonyl (C=O) groups is 1. The topological polar surface area (TPSA) is 58.6 Å². The highest BCUT2D eigenvalue weighted by Gasteiger charge is 2.13. The first-order valence-electron chi connectivity index (χ1n) is 6.41. The van der Waals surface area contributed by atoms with Crippen LogP contribution in [0.2, 0.25) is 0 Å². The van der Waals surface area contributed by atoms with Gasteiger partial charge in [0.1, 0.15) is 5.75 Å². The maximum Gasteiger partial charge on any atom is 0.341 e. The third-order valence-electron chi connectivity index (χ3n) is 3.24. The Bertz CT molecular complexity index is 383. The molecular formula is C14H19NO3. The van der Waals surface area contributed by atoms with Gasteiger partial charge in [0.25, 0.3) is 0 Å². The molecule has 0 spiro atoms. The van der Waals surface area contributed by atoms with Gasteiger partial charge in [0, 0.05) is 12.6 Å². The van der Waals surface area contributed by atoms with Crippen LogP contribution in [0.25, 0.3) is 0 Å². The zero-order valence-electron chi connectivity index (χ0n) is 10.4. The minimum absolute atomic E-state index is 0.292. The predicted octanol–water partition coefficient (Wildman–Crippen LogP) is 2.18. The summed E-state index contributed by atoms with van der Waals surface area (Å²) in [5.74, 6) is -0.357. The number of hydrogen-bond acceptors (Lipinski definition) is 3. The Morgan fingerprint density at radius 1 is 1.28 bits per heavy atom.